The summed E-state index contributed by atoms with van der Waals surface area (Å²) in [6.45, 7) is 0. The highest BCUT2D eigenvalue weighted by molar-refractivity contribution is 5.98. The van der Waals surface area contributed by atoms with Gasteiger partial charge < -0.3 is 10.2 Å². The molecule has 0 saturated heterocycles. The number of carbonyl (C=O) groups is 2. The van der Waals surface area contributed by atoms with Gasteiger partial charge in [-0.1, -0.05) is 36.8 Å². The van der Waals surface area contributed by atoms with Crippen molar-refractivity contribution in [3.63, 3.8) is 0 Å². The third kappa shape index (κ3) is 3.61. The van der Waals surface area contributed by atoms with E-state index in [1.54, 1.807) is 0 Å². The molecule has 140 valence electrons. The molecule has 2 aliphatic carbocycles. The van der Waals surface area contributed by atoms with Gasteiger partial charge in [0, 0.05) is 30.5 Å². The number of rotatable bonds is 4. The van der Waals surface area contributed by atoms with Crippen LogP contribution in [-0.2, 0) is 9.59 Å². The zero-order chi connectivity index (χ0) is 18.8. The van der Waals surface area contributed by atoms with Gasteiger partial charge in [-0.05, 0) is 49.9 Å². The van der Waals surface area contributed by atoms with Crippen molar-refractivity contribution in [3.05, 3.63) is 54.6 Å². The highest BCUT2D eigenvalue weighted by Gasteiger charge is 2.41. The summed E-state index contributed by atoms with van der Waals surface area (Å²) in [7, 11) is 2.00. The monoisotopic (exact) mass is 362 g/mol. The molecule has 2 aromatic carbocycles. The third-order valence-electron chi connectivity index (χ3n) is 6.09. The zero-order valence-corrected chi connectivity index (χ0v) is 15.7. The molecule has 1 unspecified atom stereocenters. The van der Waals surface area contributed by atoms with Crippen molar-refractivity contribution in [1.29, 1.82) is 0 Å². The Kier molecular flexibility index (Phi) is 4.97. The second-order valence-electron chi connectivity index (χ2n) is 7.80. The predicted molar refractivity (Wildman–Crippen MR) is 108 cm³/mol. The number of Topliss-reactive ketones (excluding diaryl/α,β-unsaturated/α-hetero) is 1. The molecule has 0 radical (unpaired) electrons. The summed E-state index contributed by atoms with van der Waals surface area (Å²) in [5.41, 5.74) is 2.84. The molecule has 27 heavy (non-hydrogen) atoms. The number of hydrogen-bond acceptors (Lipinski definition) is 3. The topological polar surface area (TPSA) is 49.4 Å². The lowest BCUT2D eigenvalue weighted by Gasteiger charge is -2.37. The van der Waals surface area contributed by atoms with Gasteiger partial charge in [0.2, 0.25) is 5.91 Å². The number of fused-ring (bicyclic) bond motifs is 2. The van der Waals surface area contributed by atoms with Crippen LogP contribution in [0.25, 0.3) is 0 Å². The van der Waals surface area contributed by atoms with Crippen molar-refractivity contribution in [3.8, 4) is 0 Å². The van der Waals surface area contributed by atoms with E-state index in [2.05, 4.69) is 10.2 Å². The number of benzene rings is 2. The Labute approximate surface area is 160 Å². The maximum Gasteiger partial charge on any atom is 0.227 e. The summed E-state index contributed by atoms with van der Waals surface area (Å²) in [5.74, 6) is 0.571. The summed E-state index contributed by atoms with van der Waals surface area (Å²) < 4.78 is 0. The fourth-order valence-electron chi connectivity index (χ4n) is 4.59. The van der Waals surface area contributed by atoms with Gasteiger partial charge in [-0.25, -0.2) is 0 Å². The zero-order valence-electron chi connectivity index (χ0n) is 15.7. The highest BCUT2D eigenvalue weighted by Crippen LogP contribution is 2.41. The second kappa shape index (κ2) is 7.55. The summed E-state index contributed by atoms with van der Waals surface area (Å²) in [5, 5.41) is 3.14. The van der Waals surface area contributed by atoms with Crippen molar-refractivity contribution in [2.24, 2.45) is 17.8 Å². The van der Waals surface area contributed by atoms with Gasteiger partial charge in [-0.15, -0.1) is 0 Å². The van der Waals surface area contributed by atoms with Gasteiger partial charge in [0.1, 0.15) is 5.78 Å². The van der Waals surface area contributed by atoms with Gasteiger partial charge in [-0.2, -0.15) is 0 Å². The molecule has 2 saturated carbocycles. The van der Waals surface area contributed by atoms with Crippen molar-refractivity contribution >= 4 is 28.8 Å². The number of carbonyl (C=O) groups excluding carboxylic acids is 2. The maximum atomic E-state index is 13.0. The number of hydrogen-bond donors (Lipinski definition) is 1. The molecular formula is C23H26N2O2. The first-order valence-corrected chi connectivity index (χ1v) is 9.86. The molecule has 3 atom stereocenters. The van der Waals surface area contributed by atoms with E-state index in [0.717, 1.165) is 36.3 Å². The number of para-hydroxylation sites is 3. The van der Waals surface area contributed by atoms with Crippen molar-refractivity contribution in [1.82, 2.24) is 0 Å². The highest BCUT2D eigenvalue weighted by atomic mass is 16.2. The van der Waals surface area contributed by atoms with E-state index in [-0.39, 0.29) is 23.7 Å². The van der Waals surface area contributed by atoms with E-state index >= 15 is 0 Å². The van der Waals surface area contributed by atoms with E-state index in [0.29, 0.717) is 18.6 Å². The lowest BCUT2D eigenvalue weighted by Crippen LogP contribution is -2.40. The molecular weight excluding hydrogens is 336 g/mol. The van der Waals surface area contributed by atoms with E-state index in [4.69, 9.17) is 0 Å². The van der Waals surface area contributed by atoms with Crippen LogP contribution in [0.1, 0.15) is 32.1 Å². The normalized spacial score (nSPS) is 24.3. The molecule has 1 N–H and O–H groups in total. The van der Waals surface area contributed by atoms with Gasteiger partial charge in [0.15, 0.2) is 0 Å². The largest absolute Gasteiger partial charge is 0.343 e. The fraction of sp³-hybridized carbons (Fsp3) is 0.391. The first-order chi connectivity index (χ1) is 13.1. The van der Waals surface area contributed by atoms with Crippen molar-refractivity contribution < 1.29 is 9.59 Å². The molecule has 2 aromatic rings. The molecule has 2 aliphatic rings. The molecule has 4 rings (SSSR count). The van der Waals surface area contributed by atoms with E-state index in [1.165, 1.54) is 0 Å². The minimum absolute atomic E-state index is 0.0494. The minimum atomic E-state index is -0.0620. The van der Waals surface area contributed by atoms with E-state index in [9.17, 15) is 9.59 Å². The summed E-state index contributed by atoms with van der Waals surface area (Å²) in [4.78, 5) is 27.3. The number of nitrogens with zero attached hydrogens (tertiary/aromatic N) is 1. The van der Waals surface area contributed by atoms with E-state index < -0.39 is 0 Å². The van der Waals surface area contributed by atoms with Crippen LogP contribution in [0.4, 0.5) is 17.1 Å². The average Bonchev–Trinajstić information content (AvgIpc) is 2.68. The second-order valence-corrected chi connectivity index (χ2v) is 7.80. The lowest BCUT2D eigenvalue weighted by atomic mass is 9.67. The van der Waals surface area contributed by atoms with Crippen LogP contribution in [0.2, 0.25) is 0 Å². The Balaban J connectivity index is 1.51. The molecule has 2 fully saturated rings. The van der Waals surface area contributed by atoms with Crippen LogP contribution < -0.4 is 10.2 Å². The van der Waals surface area contributed by atoms with Gasteiger partial charge in [-0.3, -0.25) is 9.59 Å². The molecule has 1 amide bonds. The summed E-state index contributed by atoms with van der Waals surface area (Å²) >= 11 is 0. The third-order valence-corrected chi connectivity index (χ3v) is 6.09. The number of amides is 1. The number of nitrogens with one attached hydrogen (secondary N) is 1. The number of anilines is 3. The molecule has 4 nitrogen and oxygen atoms in total. The quantitative estimate of drug-likeness (QED) is 0.851. The van der Waals surface area contributed by atoms with Gasteiger partial charge in [0.05, 0.1) is 11.4 Å². The molecule has 0 aliphatic heterocycles. The number of ketones is 1. The standard InChI is InChI=1S/C23H26N2O2/c1-25(19-10-3-2-4-11-19)21-13-6-5-12-20(21)24-23(27)18-14-16-8-7-9-17(15-18)22(16)26/h2-6,10-13,16-18H,7-9,14-15H2,1H3,(H,24,27)/t16-,17+,18?. The van der Waals surface area contributed by atoms with Crippen LogP contribution in [0, 0.1) is 17.8 Å². The predicted octanol–water partition coefficient (Wildman–Crippen LogP) is 4.79. The average molecular weight is 362 g/mol. The smallest absolute Gasteiger partial charge is 0.227 e. The first kappa shape index (κ1) is 17.8. The van der Waals surface area contributed by atoms with Crippen LogP contribution in [-0.4, -0.2) is 18.7 Å². The van der Waals surface area contributed by atoms with Crippen LogP contribution in [0.5, 0.6) is 0 Å². The van der Waals surface area contributed by atoms with E-state index in [1.807, 2.05) is 61.6 Å². The summed E-state index contributed by atoms with van der Waals surface area (Å²) in [6.07, 6.45) is 4.44. The van der Waals surface area contributed by atoms with Gasteiger partial charge in [0.25, 0.3) is 0 Å². The molecule has 0 aromatic heterocycles. The summed E-state index contributed by atoms with van der Waals surface area (Å²) in [6, 6.07) is 18.0. The van der Waals surface area contributed by atoms with Crippen molar-refractivity contribution in [2.75, 3.05) is 17.3 Å². The Bertz CT molecular complexity index is 817. The first-order valence-electron chi connectivity index (χ1n) is 9.86. The van der Waals surface area contributed by atoms with Crippen LogP contribution in [0.15, 0.2) is 54.6 Å². The lowest BCUT2D eigenvalue weighted by molar-refractivity contribution is -0.136. The molecule has 0 spiro atoms. The minimum Gasteiger partial charge on any atom is -0.343 e. The Morgan fingerprint density at radius 3 is 2.30 bits per heavy atom. The Morgan fingerprint density at radius 2 is 1.59 bits per heavy atom. The van der Waals surface area contributed by atoms with Crippen LogP contribution >= 0.6 is 0 Å². The van der Waals surface area contributed by atoms with Gasteiger partial charge >= 0.3 is 0 Å². The fourth-order valence-corrected chi connectivity index (χ4v) is 4.59. The molecule has 4 heteroatoms. The molecule has 2 bridgehead atoms. The Hall–Kier alpha value is -2.62. The Morgan fingerprint density at radius 1 is 0.963 bits per heavy atom. The van der Waals surface area contributed by atoms with Crippen LogP contribution in [0.3, 0.4) is 0 Å². The molecule has 0 heterocycles. The van der Waals surface area contributed by atoms with Crippen molar-refractivity contribution in [2.45, 2.75) is 32.1 Å². The maximum absolute atomic E-state index is 13.0. The SMILES string of the molecule is CN(c1ccccc1)c1ccccc1NC(=O)C1C[C@H]2CCC[C@@H](C1)C2=O.